The smallest absolute Gasteiger partial charge is 0.151 e. The minimum Gasteiger partial charge on any atom is -0.398 e. The molecule has 0 fully saturated rings. The third-order valence-corrected chi connectivity index (χ3v) is 3.11. The largest absolute Gasteiger partial charge is 0.398 e. The molecule has 3 rings (SSSR count). The van der Waals surface area contributed by atoms with Crippen LogP contribution in [0.2, 0.25) is 0 Å². The first kappa shape index (κ1) is 12.3. The molecule has 6 nitrogen and oxygen atoms in total. The molecule has 20 heavy (non-hydrogen) atoms. The molecule has 0 saturated heterocycles. The zero-order chi connectivity index (χ0) is 14.1. The summed E-state index contributed by atoms with van der Waals surface area (Å²) in [4.78, 5) is 4.20. The van der Waals surface area contributed by atoms with Gasteiger partial charge in [0.1, 0.15) is 6.33 Å². The molecule has 0 spiro atoms. The quantitative estimate of drug-likeness (QED) is 0.709. The lowest BCUT2D eigenvalue weighted by atomic mass is 10.1. The van der Waals surface area contributed by atoms with Gasteiger partial charge < -0.3 is 15.6 Å². The van der Waals surface area contributed by atoms with Gasteiger partial charge in [0, 0.05) is 24.3 Å². The molecule has 3 aromatic rings. The van der Waals surface area contributed by atoms with Gasteiger partial charge >= 0.3 is 0 Å². The molecular weight excluding hydrogens is 259 g/mol. The first-order valence-corrected chi connectivity index (χ1v) is 6.06. The van der Waals surface area contributed by atoms with Crippen molar-refractivity contribution in [2.24, 2.45) is 7.05 Å². The second-order valence-corrected chi connectivity index (χ2v) is 4.43. The molecule has 0 saturated carbocycles. The van der Waals surface area contributed by atoms with Crippen LogP contribution in [0.5, 0.6) is 0 Å². The maximum Gasteiger partial charge on any atom is 0.151 e. The van der Waals surface area contributed by atoms with E-state index in [0.717, 1.165) is 5.39 Å². The van der Waals surface area contributed by atoms with Crippen LogP contribution in [-0.4, -0.2) is 19.7 Å². The van der Waals surface area contributed by atoms with E-state index >= 15 is 0 Å². The van der Waals surface area contributed by atoms with Gasteiger partial charge in [-0.1, -0.05) is 0 Å². The van der Waals surface area contributed by atoms with Gasteiger partial charge in [-0.3, -0.25) is 4.98 Å². The number of pyridine rings is 1. The molecule has 0 radical (unpaired) electrons. The molecule has 1 aromatic carbocycles. The Bertz CT molecular complexity index is 767. The minimum absolute atomic E-state index is 0.317. The summed E-state index contributed by atoms with van der Waals surface area (Å²) in [6, 6.07) is 4.87. The topological polar surface area (TPSA) is 81.7 Å². The van der Waals surface area contributed by atoms with Gasteiger partial charge in [-0.15, -0.1) is 10.2 Å². The number of aryl methyl sites for hydroxylation is 1. The maximum atomic E-state index is 14.1. The Morgan fingerprint density at radius 1 is 1.45 bits per heavy atom. The van der Waals surface area contributed by atoms with Crippen molar-refractivity contribution < 1.29 is 4.39 Å². The predicted octanol–water partition coefficient (Wildman–Crippen LogP) is 1.70. The average molecular weight is 272 g/mol. The Morgan fingerprint density at radius 3 is 3.05 bits per heavy atom. The predicted molar refractivity (Wildman–Crippen MR) is 74.4 cm³/mol. The molecule has 0 aliphatic carbocycles. The number of anilines is 2. The summed E-state index contributed by atoms with van der Waals surface area (Å²) in [7, 11) is 1.83. The molecule has 0 unspecified atom stereocenters. The van der Waals surface area contributed by atoms with E-state index < -0.39 is 5.82 Å². The molecule has 0 aliphatic rings. The van der Waals surface area contributed by atoms with Crippen LogP contribution in [0, 0.1) is 5.82 Å². The van der Waals surface area contributed by atoms with Crippen molar-refractivity contribution >= 4 is 22.3 Å². The van der Waals surface area contributed by atoms with Crippen molar-refractivity contribution in [3.8, 4) is 0 Å². The van der Waals surface area contributed by atoms with E-state index in [4.69, 9.17) is 5.73 Å². The second-order valence-electron chi connectivity index (χ2n) is 4.43. The van der Waals surface area contributed by atoms with Crippen LogP contribution in [0.15, 0.2) is 30.7 Å². The molecule has 102 valence electrons. The lowest BCUT2D eigenvalue weighted by Crippen LogP contribution is -2.08. The molecule has 0 bridgehead atoms. The Hall–Kier alpha value is -2.70. The summed E-state index contributed by atoms with van der Waals surface area (Å²) in [6.07, 6.45) is 3.20. The van der Waals surface area contributed by atoms with Crippen LogP contribution in [0.25, 0.3) is 10.9 Å². The van der Waals surface area contributed by atoms with E-state index in [0.29, 0.717) is 29.3 Å². The average Bonchev–Trinajstić information content (AvgIpc) is 2.84. The number of nitrogens with two attached hydrogens (primary N) is 1. The molecular formula is C13H13FN6. The van der Waals surface area contributed by atoms with Crippen LogP contribution in [-0.2, 0) is 13.6 Å². The highest BCUT2D eigenvalue weighted by Crippen LogP contribution is 2.29. The molecule has 2 heterocycles. The number of hydrogen-bond donors (Lipinski definition) is 2. The van der Waals surface area contributed by atoms with E-state index in [2.05, 4.69) is 20.5 Å². The van der Waals surface area contributed by atoms with E-state index in [1.807, 2.05) is 13.1 Å². The zero-order valence-corrected chi connectivity index (χ0v) is 10.8. The third-order valence-electron chi connectivity index (χ3n) is 3.11. The molecule has 3 N–H and O–H groups in total. The van der Waals surface area contributed by atoms with Crippen molar-refractivity contribution in [1.29, 1.82) is 0 Å². The number of nitrogen functional groups attached to an aromatic ring is 1. The van der Waals surface area contributed by atoms with Crippen molar-refractivity contribution in [2.45, 2.75) is 6.54 Å². The van der Waals surface area contributed by atoms with Gasteiger partial charge in [0.25, 0.3) is 0 Å². The summed E-state index contributed by atoms with van der Waals surface area (Å²) in [5.74, 6) is 0.265. The summed E-state index contributed by atoms with van der Waals surface area (Å²) >= 11 is 0. The number of benzene rings is 1. The fourth-order valence-electron chi connectivity index (χ4n) is 2.04. The maximum absolute atomic E-state index is 14.1. The first-order chi connectivity index (χ1) is 9.66. The van der Waals surface area contributed by atoms with Crippen molar-refractivity contribution in [3.05, 3.63) is 42.4 Å². The number of halogens is 1. The van der Waals surface area contributed by atoms with Gasteiger partial charge in [-0.2, -0.15) is 0 Å². The number of nitrogens with zero attached hydrogens (tertiary/aromatic N) is 4. The van der Waals surface area contributed by atoms with E-state index in [1.54, 1.807) is 23.2 Å². The monoisotopic (exact) mass is 272 g/mol. The number of aromatic nitrogens is 4. The highest BCUT2D eigenvalue weighted by molar-refractivity contribution is 5.98. The highest BCUT2D eigenvalue weighted by Gasteiger charge is 2.12. The Morgan fingerprint density at radius 2 is 2.30 bits per heavy atom. The SMILES string of the molecule is Cn1cnnc1CNc1c(F)cc(N)c2cccnc12. The Kier molecular flexibility index (Phi) is 2.94. The van der Waals surface area contributed by atoms with Crippen LogP contribution in [0.3, 0.4) is 0 Å². The molecule has 2 aromatic heterocycles. The van der Waals surface area contributed by atoms with Crippen LogP contribution in [0.1, 0.15) is 5.82 Å². The summed E-state index contributed by atoms with van der Waals surface area (Å²) in [6.45, 7) is 0.350. The number of fused-ring (bicyclic) bond motifs is 1. The molecule has 0 amide bonds. The summed E-state index contributed by atoms with van der Waals surface area (Å²) in [5, 5.41) is 11.4. The van der Waals surface area contributed by atoms with Gasteiger partial charge in [-0.25, -0.2) is 4.39 Å². The molecule has 0 aliphatic heterocycles. The number of nitrogens with one attached hydrogen (secondary N) is 1. The van der Waals surface area contributed by atoms with Crippen molar-refractivity contribution in [3.63, 3.8) is 0 Å². The zero-order valence-electron chi connectivity index (χ0n) is 10.8. The Labute approximate surface area is 114 Å². The summed E-state index contributed by atoms with van der Waals surface area (Å²) < 4.78 is 15.8. The van der Waals surface area contributed by atoms with Gasteiger partial charge in [0.15, 0.2) is 11.6 Å². The van der Waals surface area contributed by atoms with Crippen LogP contribution in [0.4, 0.5) is 15.8 Å². The minimum atomic E-state index is -0.434. The fraction of sp³-hybridized carbons (Fsp3) is 0.154. The Balaban J connectivity index is 2.01. The van der Waals surface area contributed by atoms with Crippen molar-refractivity contribution in [1.82, 2.24) is 19.7 Å². The molecule has 7 heteroatoms. The lowest BCUT2D eigenvalue weighted by Gasteiger charge is -2.11. The van der Waals surface area contributed by atoms with E-state index in [1.165, 1.54) is 6.07 Å². The normalized spacial score (nSPS) is 10.9. The summed E-state index contributed by atoms with van der Waals surface area (Å²) in [5.41, 5.74) is 7.00. The van der Waals surface area contributed by atoms with Crippen molar-refractivity contribution in [2.75, 3.05) is 11.1 Å². The highest BCUT2D eigenvalue weighted by atomic mass is 19.1. The van der Waals surface area contributed by atoms with E-state index in [-0.39, 0.29) is 0 Å². The molecule has 0 atom stereocenters. The van der Waals surface area contributed by atoms with Crippen LogP contribution < -0.4 is 11.1 Å². The fourth-order valence-corrected chi connectivity index (χ4v) is 2.04. The lowest BCUT2D eigenvalue weighted by molar-refractivity contribution is 0.631. The second kappa shape index (κ2) is 4.76. The van der Waals surface area contributed by atoms with Gasteiger partial charge in [0.05, 0.1) is 17.7 Å². The third kappa shape index (κ3) is 2.03. The first-order valence-electron chi connectivity index (χ1n) is 6.06. The standard InChI is InChI=1S/C13H13FN6/c1-20-7-18-19-11(20)6-17-13-9(14)5-10(15)8-3-2-4-16-12(8)13/h2-5,7,17H,6,15H2,1H3. The van der Waals surface area contributed by atoms with Gasteiger partial charge in [0.2, 0.25) is 0 Å². The van der Waals surface area contributed by atoms with Gasteiger partial charge in [-0.05, 0) is 18.2 Å². The number of hydrogen-bond acceptors (Lipinski definition) is 5. The number of rotatable bonds is 3. The van der Waals surface area contributed by atoms with E-state index in [9.17, 15) is 4.39 Å². The van der Waals surface area contributed by atoms with Crippen LogP contribution >= 0.6 is 0 Å².